The first-order chi connectivity index (χ1) is 6.67. The molecule has 0 saturated carbocycles. The van der Waals surface area contributed by atoms with Crippen molar-refractivity contribution in [3.8, 4) is 0 Å². The third kappa shape index (κ3) is 4.28. The molecule has 0 aromatic carbocycles. The van der Waals surface area contributed by atoms with Crippen molar-refractivity contribution in [2.45, 2.75) is 26.7 Å². The van der Waals surface area contributed by atoms with Crippen molar-refractivity contribution < 1.29 is 14.6 Å². The van der Waals surface area contributed by atoms with Gasteiger partial charge in [-0.25, -0.2) is 4.79 Å². The predicted octanol–water partition coefficient (Wildman–Crippen LogP) is 0.815. The van der Waals surface area contributed by atoms with E-state index < -0.39 is 0 Å². The van der Waals surface area contributed by atoms with Gasteiger partial charge in [-0.3, -0.25) is 0 Å². The number of rotatable bonds is 6. The van der Waals surface area contributed by atoms with Crippen molar-refractivity contribution in [3.05, 3.63) is 11.3 Å². The van der Waals surface area contributed by atoms with Crippen molar-refractivity contribution in [2.75, 3.05) is 20.3 Å². The van der Waals surface area contributed by atoms with Gasteiger partial charge in [0.25, 0.3) is 0 Å². The lowest BCUT2D eigenvalue weighted by Gasteiger charge is -2.10. The number of aliphatic hydroxyl groups excluding tert-OH is 1. The Hall–Kier alpha value is -1.03. The second-order valence-corrected chi connectivity index (χ2v) is 2.95. The summed E-state index contributed by atoms with van der Waals surface area (Å²) < 4.78 is 4.64. The maximum absolute atomic E-state index is 11.2. The molecular weight excluding hydrogens is 182 g/mol. The number of methoxy groups -OCH3 is 1. The molecule has 0 aromatic heterocycles. The molecule has 0 radical (unpaired) electrons. The van der Waals surface area contributed by atoms with E-state index >= 15 is 0 Å². The lowest BCUT2D eigenvalue weighted by molar-refractivity contribution is -0.136. The summed E-state index contributed by atoms with van der Waals surface area (Å²) in [4.78, 5) is 11.2. The fraction of sp³-hybridized carbons (Fsp3) is 0.700. The Morgan fingerprint density at radius 2 is 2.14 bits per heavy atom. The van der Waals surface area contributed by atoms with E-state index in [2.05, 4.69) is 10.1 Å². The highest BCUT2D eigenvalue weighted by molar-refractivity contribution is 5.88. The number of ether oxygens (including phenoxy) is 1. The minimum atomic E-state index is -0.290. The fourth-order valence-corrected chi connectivity index (χ4v) is 1.15. The second kappa shape index (κ2) is 7.38. The zero-order valence-corrected chi connectivity index (χ0v) is 9.09. The van der Waals surface area contributed by atoms with Crippen LogP contribution < -0.4 is 5.32 Å². The molecule has 0 rings (SSSR count). The van der Waals surface area contributed by atoms with Crippen LogP contribution in [0.3, 0.4) is 0 Å². The molecule has 4 heteroatoms. The lowest BCUT2D eigenvalue weighted by Crippen LogP contribution is -2.19. The summed E-state index contributed by atoms with van der Waals surface area (Å²) in [5.41, 5.74) is 1.48. The van der Waals surface area contributed by atoms with E-state index in [1.54, 1.807) is 0 Å². The van der Waals surface area contributed by atoms with Crippen LogP contribution >= 0.6 is 0 Å². The number of esters is 1. The normalized spacial score (nSPS) is 12.0. The molecule has 4 nitrogen and oxygen atoms in total. The van der Waals surface area contributed by atoms with Gasteiger partial charge in [-0.1, -0.05) is 6.92 Å². The maximum Gasteiger partial charge on any atom is 0.335 e. The summed E-state index contributed by atoms with van der Waals surface area (Å²) in [5.74, 6) is -0.290. The van der Waals surface area contributed by atoms with E-state index in [1.807, 2.05) is 13.8 Å². The Bertz CT molecular complexity index is 211. The number of carbonyl (C=O) groups excluding carboxylic acids is 1. The highest BCUT2D eigenvalue weighted by Gasteiger charge is 2.10. The van der Waals surface area contributed by atoms with Crippen molar-refractivity contribution in [1.29, 1.82) is 0 Å². The molecule has 0 saturated heterocycles. The molecule has 14 heavy (non-hydrogen) atoms. The third-order valence-corrected chi connectivity index (χ3v) is 1.96. The van der Waals surface area contributed by atoms with E-state index in [0.29, 0.717) is 25.0 Å². The fourth-order valence-electron chi connectivity index (χ4n) is 1.15. The van der Waals surface area contributed by atoms with Gasteiger partial charge in [-0.05, 0) is 19.8 Å². The van der Waals surface area contributed by atoms with Gasteiger partial charge in [0, 0.05) is 18.8 Å². The number of carbonyl (C=O) groups is 1. The molecule has 0 aliphatic carbocycles. The number of hydrogen-bond donors (Lipinski definition) is 2. The molecule has 0 heterocycles. The summed E-state index contributed by atoms with van der Waals surface area (Å²) in [5, 5.41) is 11.7. The van der Waals surface area contributed by atoms with Gasteiger partial charge in [-0.15, -0.1) is 0 Å². The Kier molecular flexibility index (Phi) is 6.84. The standard InChI is InChI=1S/C10H19NO3/c1-4-9(10(13)14-3)8(2)11-6-5-7-12/h11-12H,4-7H2,1-3H3/b9-8+. The van der Waals surface area contributed by atoms with Gasteiger partial charge >= 0.3 is 5.97 Å². The summed E-state index contributed by atoms with van der Waals surface area (Å²) >= 11 is 0. The molecule has 2 N–H and O–H groups in total. The van der Waals surface area contributed by atoms with E-state index in [1.165, 1.54) is 7.11 Å². The zero-order valence-electron chi connectivity index (χ0n) is 9.09. The summed E-state index contributed by atoms with van der Waals surface area (Å²) in [6.07, 6.45) is 1.32. The molecule has 0 atom stereocenters. The zero-order chi connectivity index (χ0) is 11.0. The molecule has 0 aliphatic heterocycles. The number of aliphatic hydroxyl groups is 1. The predicted molar refractivity (Wildman–Crippen MR) is 54.7 cm³/mol. The quantitative estimate of drug-likeness (QED) is 0.379. The van der Waals surface area contributed by atoms with Crippen LogP contribution in [0.2, 0.25) is 0 Å². The molecule has 0 aliphatic rings. The van der Waals surface area contributed by atoms with Crippen LogP contribution in [-0.4, -0.2) is 31.3 Å². The van der Waals surface area contributed by atoms with Crippen molar-refractivity contribution in [3.63, 3.8) is 0 Å². The van der Waals surface area contributed by atoms with Gasteiger partial charge in [0.2, 0.25) is 0 Å². The Balaban J connectivity index is 4.27. The van der Waals surface area contributed by atoms with Crippen LogP contribution in [0.25, 0.3) is 0 Å². The first-order valence-electron chi connectivity index (χ1n) is 4.80. The maximum atomic E-state index is 11.2. The molecule has 0 fully saturated rings. The molecule has 0 unspecified atom stereocenters. The van der Waals surface area contributed by atoms with E-state index in [-0.39, 0.29) is 12.6 Å². The van der Waals surface area contributed by atoms with Gasteiger partial charge < -0.3 is 15.2 Å². The Morgan fingerprint density at radius 3 is 2.57 bits per heavy atom. The van der Waals surface area contributed by atoms with Crippen molar-refractivity contribution in [2.24, 2.45) is 0 Å². The molecule has 82 valence electrons. The van der Waals surface area contributed by atoms with Crippen molar-refractivity contribution >= 4 is 5.97 Å². The molecule has 0 amide bonds. The smallest absolute Gasteiger partial charge is 0.335 e. The molecule has 0 bridgehead atoms. The van der Waals surface area contributed by atoms with E-state index in [9.17, 15) is 4.79 Å². The lowest BCUT2D eigenvalue weighted by atomic mass is 10.1. The number of allylic oxidation sites excluding steroid dienone is 1. The van der Waals surface area contributed by atoms with Gasteiger partial charge in [-0.2, -0.15) is 0 Å². The summed E-state index contributed by atoms with van der Waals surface area (Å²) in [7, 11) is 1.37. The van der Waals surface area contributed by atoms with Crippen LogP contribution in [0.15, 0.2) is 11.3 Å². The highest BCUT2D eigenvalue weighted by atomic mass is 16.5. The van der Waals surface area contributed by atoms with Gasteiger partial charge in [0.1, 0.15) is 0 Å². The SMILES string of the molecule is CC/C(C(=O)OC)=C(/C)NCCCO. The second-order valence-electron chi connectivity index (χ2n) is 2.95. The number of nitrogens with one attached hydrogen (secondary N) is 1. The van der Waals surface area contributed by atoms with Crippen molar-refractivity contribution in [1.82, 2.24) is 5.32 Å². The van der Waals surface area contributed by atoms with E-state index in [4.69, 9.17) is 5.11 Å². The van der Waals surface area contributed by atoms with Gasteiger partial charge in [0.15, 0.2) is 0 Å². The minimum Gasteiger partial charge on any atom is -0.466 e. The first-order valence-corrected chi connectivity index (χ1v) is 4.80. The average Bonchev–Trinajstić information content (AvgIpc) is 2.19. The summed E-state index contributed by atoms with van der Waals surface area (Å²) in [6.45, 7) is 4.57. The topological polar surface area (TPSA) is 58.6 Å². The van der Waals surface area contributed by atoms with Crippen LogP contribution in [0.4, 0.5) is 0 Å². The van der Waals surface area contributed by atoms with Crippen LogP contribution in [0, 0.1) is 0 Å². The average molecular weight is 201 g/mol. The minimum absolute atomic E-state index is 0.153. The molecule has 0 aromatic rings. The first kappa shape index (κ1) is 13.0. The van der Waals surface area contributed by atoms with Crippen LogP contribution in [0.5, 0.6) is 0 Å². The third-order valence-electron chi connectivity index (χ3n) is 1.96. The largest absolute Gasteiger partial charge is 0.466 e. The van der Waals surface area contributed by atoms with Crippen LogP contribution in [-0.2, 0) is 9.53 Å². The monoisotopic (exact) mass is 201 g/mol. The Labute approximate surface area is 85.0 Å². The van der Waals surface area contributed by atoms with E-state index in [0.717, 1.165) is 5.70 Å². The Morgan fingerprint density at radius 1 is 1.50 bits per heavy atom. The highest BCUT2D eigenvalue weighted by Crippen LogP contribution is 2.07. The molecule has 0 spiro atoms. The van der Waals surface area contributed by atoms with Gasteiger partial charge in [0.05, 0.1) is 12.7 Å². The van der Waals surface area contributed by atoms with Crippen LogP contribution in [0.1, 0.15) is 26.7 Å². The number of hydrogen-bond acceptors (Lipinski definition) is 4. The summed E-state index contributed by atoms with van der Waals surface area (Å²) in [6, 6.07) is 0. The molecular formula is C10H19NO3.